The molecule has 0 aliphatic heterocycles. The number of halogens is 1. The molecule has 3 aromatic rings. The molecular formula is C17H16ClN5O. The molecule has 2 aromatic carbocycles. The van der Waals surface area contributed by atoms with Crippen LogP contribution in [-0.2, 0) is 6.54 Å². The van der Waals surface area contributed by atoms with Crippen LogP contribution in [0.2, 0.25) is 5.02 Å². The Kier molecular flexibility index (Phi) is 5.08. The Morgan fingerprint density at radius 3 is 2.67 bits per heavy atom. The summed E-state index contributed by atoms with van der Waals surface area (Å²) in [6.45, 7) is 0.573. The molecule has 0 fully saturated rings. The Morgan fingerprint density at radius 2 is 1.88 bits per heavy atom. The van der Waals surface area contributed by atoms with E-state index in [0.29, 0.717) is 23.3 Å². The Labute approximate surface area is 144 Å². The Balaban J connectivity index is 1.68. The van der Waals surface area contributed by atoms with E-state index in [1.807, 2.05) is 36.4 Å². The fourth-order valence-electron chi connectivity index (χ4n) is 2.14. The molecule has 0 amide bonds. The number of rotatable bonds is 6. The second kappa shape index (κ2) is 7.61. The second-order valence-electron chi connectivity index (χ2n) is 4.96. The number of benzene rings is 2. The first-order valence-corrected chi connectivity index (χ1v) is 7.70. The number of nitrogens with zero attached hydrogens (tertiary/aromatic N) is 3. The molecule has 0 spiro atoms. The number of aromatic nitrogens is 3. The van der Waals surface area contributed by atoms with Gasteiger partial charge < -0.3 is 15.4 Å². The van der Waals surface area contributed by atoms with Crippen LogP contribution in [0, 0.1) is 0 Å². The van der Waals surface area contributed by atoms with Crippen molar-refractivity contribution in [2.75, 3.05) is 17.7 Å². The molecular weight excluding hydrogens is 326 g/mol. The number of ether oxygens (including phenoxy) is 1. The molecule has 0 saturated heterocycles. The highest BCUT2D eigenvalue weighted by Crippen LogP contribution is 2.19. The SMILES string of the molecule is COc1ccccc1CNc1cnnc(Nc2ccc(Cl)cc2)n1. The van der Waals surface area contributed by atoms with E-state index in [1.165, 1.54) is 0 Å². The monoisotopic (exact) mass is 341 g/mol. The normalized spacial score (nSPS) is 10.2. The highest BCUT2D eigenvalue weighted by molar-refractivity contribution is 6.30. The minimum Gasteiger partial charge on any atom is -0.496 e. The first-order chi connectivity index (χ1) is 11.7. The van der Waals surface area contributed by atoms with E-state index < -0.39 is 0 Å². The minimum atomic E-state index is 0.405. The van der Waals surface area contributed by atoms with Gasteiger partial charge in [-0.3, -0.25) is 0 Å². The molecule has 0 saturated carbocycles. The van der Waals surface area contributed by atoms with Gasteiger partial charge in [0.1, 0.15) is 5.75 Å². The van der Waals surface area contributed by atoms with Crippen molar-refractivity contribution in [2.24, 2.45) is 0 Å². The fraction of sp³-hybridized carbons (Fsp3) is 0.118. The van der Waals surface area contributed by atoms with Crippen molar-refractivity contribution in [2.45, 2.75) is 6.54 Å². The summed E-state index contributed by atoms with van der Waals surface area (Å²) < 4.78 is 5.33. The van der Waals surface area contributed by atoms with Gasteiger partial charge in [-0.15, -0.1) is 5.10 Å². The highest BCUT2D eigenvalue weighted by Gasteiger charge is 2.04. The van der Waals surface area contributed by atoms with E-state index in [2.05, 4.69) is 25.8 Å². The predicted molar refractivity (Wildman–Crippen MR) is 94.9 cm³/mol. The van der Waals surface area contributed by atoms with Crippen molar-refractivity contribution in [3.05, 3.63) is 65.3 Å². The van der Waals surface area contributed by atoms with Gasteiger partial charge in [0.15, 0.2) is 5.82 Å². The Bertz CT molecular complexity index is 810. The van der Waals surface area contributed by atoms with Crippen molar-refractivity contribution in [3.63, 3.8) is 0 Å². The van der Waals surface area contributed by atoms with Gasteiger partial charge in [-0.2, -0.15) is 10.1 Å². The lowest BCUT2D eigenvalue weighted by Crippen LogP contribution is -2.06. The minimum absolute atomic E-state index is 0.405. The fourth-order valence-corrected chi connectivity index (χ4v) is 2.26. The Hall–Kier alpha value is -2.86. The zero-order chi connectivity index (χ0) is 16.8. The van der Waals surface area contributed by atoms with Crippen LogP contribution in [0.4, 0.5) is 17.5 Å². The van der Waals surface area contributed by atoms with Crippen molar-refractivity contribution < 1.29 is 4.74 Å². The zero-order valence-electron chi connectivity index (χ0n) is 13.0. The van der Waals surface area contributed by atoms with Gasteiger partial charge in [-0.05, 0) is 30.3 Å². The zero-order valence-corrected chi connectivity index (χ0v) is 13.8. The van der Waals surface area contributed by atoms with Crippen molar-refractivity contribution in [3.8, 4) is 5.75 Å². The van der Waals surface area contributed by atoms with Crippen LogP contribution in [0.25, 0.3) is 0 Å². The molecule has 24 heavy (non-hydrogen) atoms. The van der Waals surface area contributed by atoms with Crippen molar-refractivity contribution in [1.29, 1.82) is 0 Å². The largest absolute Gasteiger partial charge is 0.496 e. The maximum Gasteiger partial charge on any atom is 0.249 e. The van der Waals surface area contributed by atoms with Gasteiger partial charge in [-0.1, -0.05) is 29.8 Å². The molecule has 0 aliphatic rings. The van der Waals surface area contributed by atoms with E-state index in [9.17, 15) is 0 Å². The van der Waals surface area contributed by atoms with Crippen LogP contribution in [0.3, 0.4) is 0 Å². The molecule has 6 nitrogen and oxygen atoms in total. The summed E-state index contributed by atoms with van der Waals surface area (Å²) in [4.78, 5) is 4.39. The van der Waals surface area contributed by atoms with Gasteiger partial charge in [0, 0.05) is 22.8 Å². The van der Waals surface area contributed by atoms with Gasteiger partial charge in [0.25, 0.3) is 0 Å². The van der Waals surface area contributed by atoms with E-state index >= 15 is 0 Å². The van der Waals surface area contributed by atoms with Gasteiger partial charge in [-0.25, -0.2) is 0 Å². The van der Waals surface area contributed by atoms with Gasteiger partial charge in [0.05, 0.1) is 13.3 Å². The molecule has 1 aromatic heterocycles. The number of methoxy groups -OCH3 is 1. The van der Waals surface area contributed by atoms with Crippen molar-refractivity contribution in [1.82, 2.24) is 15.2 Å². The lowest BCUT2D eigenvalue weighted by atomic mass is 10.2. The first-order valence-electron chi connectivity index (χ1n) is 7.32. The van der Waals surface area contributed by atoms with Gasteiger partial charge in [0.2, 0.25) is 5.95 Å². The topological polar surface area (TPSA) is 72.0 Å². The van der Waals surface area contributed by atoms with Crippen molar-refractivity contribution >= 4 is 29.1 Å². The molecule has 3 rings (SSSR count). The molecule has 7 heteroatoms. The molecule has 0 atom stereocenters. The third-order valence-electron chi connectivity index (χ3n) is 3.31. The smallest absolute Gasteiger partial charge is 0.249 e. The first kappa shape index (κ1) is 16.0. The van der Waals surface area contributed by atoms with Crippen LogP contribution in [0.5, 0.6) is 5.75 Å². The van der Waals surface area contributed by atoms with E-state index in [4.69, 9.17) is 16.3 Å². The van der Waals surface area contributed by atoms with E-state index in [-0.39, 0.29) is 0 Å². The molecule has 1 heterocycles. The van der Waals surface area contributed by atoms with E-state index in [1.54, 1.807) is 25.4 Å². The van der Waals surface area contributed by atoms with E-state index in [0.717, 1.165) is 17.0 Å². The number of nitrogens with one attached hydrogen (secondary N) is 2. The standard InChI is InChI=1S/C17H16ClN5O/c1-24-15-5-3-2-4-12(15)10-19-16-11-20-23-17(22-16)21-14-8-6-13(18)7-9-14/h2-9,11H,10H2,1H3,(H2,19,21,22,23). The summed E-state index contributed by atoms with van der Waals surface area (Å²) >= 11 is 5.87. The Morgan fingerprint density at radius 1 is 1.08 bits per heavy atom. The summed E-state index contributed by atoms with van der Waals surface area (Å²) in [6.07, 6.45) is 1.57. The van der Waals surface area contributed by atoms with Crippen LogP contribution in [0.1, 0.15) is 5.56 Å². The molecule has 0 bridgehead atoms. The molecule has 2 N–H and O–H groups in total. The number of hydrogen-bond donors (Lipinski definition) is 2. The van der Waals surface area contributed by atoms with Crippen LogP contribution >= 0.6 is 11.6 Å². The predicted octanol–water partition coefficient (Wildman–Crippen LogP) is 3.89. The maximum absolute atomic E-state index is 5.87. The highest BCUT2D eigenvalue weighted by atomic mass is 35.5. The lowest BCUT2D eigenvalue weighted by molar-refractivity contribution is 0.410. The van der Waals surface area contributed by atoms with Crippen LogP contribution in [0.15, 0.2) is 54.7 Å². The molecule has 122 valence electrons. The molecule has 0 aliphatic carbocycles. The summed E-state index contributed by atoms with van der Waals surface area (Å²) in [7, 11) is 1.65. The number of hydrogen-bond acceptors (Lipinski definition) is 6. The second-order valence-corrected chi connectivity index (χ2v) is 5.40. The average Bonchev–Trinajstić information content (AvgIpc) is 2.62. The summed E-state index contributed by atoms with van der Waals surface area (Å²) in [5, 5.41) is 14.9. The third kappa shape index (κ3) is 4.11. The summed E-state index contributed by atoms with van der Waals surface area (Å²) in [5.74, 6) is 1.85. The summed E-state index contributed by atoms with van der Waals surface area (Å²) in [6, 6.07) is 15.1. The van der Waals surface area contributed by atoms with Gasteiger partial charge >= 0.3 is 0 Å². The number of para-hydroxylation sites is 1. The summed E-state index contributed by atoms with van der Waals surface area (Å²) in [5.41, 5.74) is 1.87. The average molecular weight is 342 g/mol. The molecule has 0 radical (unpaired) electrons. The molecule has 0 unspecified atom stereocenters. The third-order valence-corrected chi connectivity index (χ3v) is 3.56. The van der Waals surface area contributed by atoms with Crippen LogP contribution in [-0.4, -0.2) is 22.3 Å². The van der Waals surface area contributed by atoms with Crippen LogP contribution < -0.4 is 15.4 Å². The lowest BCUT2D eigenvalue weighted by Gasteiger charge is -2.10. The quantitative estimate of drug-likeness (QED) is 0.708. The number of anilines is 3. The maximum atomic E-state index is 5.87.